The van der Waals surface area contributed by atoms with E-state index in [1.807, 2.05) is 54.2 Å². The molecule has 1 amide bonds. The lowest BCUT2D eigenvalue weighted by Gasteiger charge is -2.06. The van der Waals surface area contributed by atoms with Crippen LogP contribution in [0.25, 0.3) is 0 Å². The van der Waals surface area contributed by atoms with Crippen LogP contribution >= 0.6 is 23.4 Å². The molecule has 0 unspecified atom stereocenters. The van der Waals surface area contributed by atoms with Gasteiger partial charge in [-0.1, -0.05) is 11.6 Å². The second kappa shape index (κ2) is 6.68. The van der Waals surface area contributed by atoms with Gasteiger partial charge in [0.05, 0.1) is 0 Å². The Hall–Kier alpha value is -1.39. The fourth-order valence-corrected chi connectivity index (χ4v) is 2.55. The Morgan fingerprint density at radius 3 is 2.68 bits per heavy atom. The number of halogens is 1. The topological polar surface area (TPSA) is 34.0 Å². The molecule has 0 fully saturated rings. The molecule has 0 spiro atoms. The number of hydrogen-bond donors (Lipinski definition) is 1. The number of aryl methyl sites for hydroxylation is 1. The van der Waals surface area contributed by atoms with Crippen LogP contribution in [0.5, 0.6) is 0 Å². The molecule has 1 aromatic heterocycles. The summed E-state index contributed by atoms with van der Waals surface area (Å²) in [5.74, 6) is 0.793. The lowest BCUT2D eigenvalue weighted by molar-refractivity contribution is 0.0948. The molecule has 0 saturated carbocycles. The van der Waals surface area contributed by atoms with Gasteiger partial charge in [-0.05, 0) is 36.4 Å². The molecule has 1 heterocycles. The number of nitrogens with one attached hydrogen (secondary N) is 1. The van der Waals surface area contributed by atoms with Crippen molar-refractivity contribution in [3.63, 3.8) is 0 Å². The van der Waals surface area contributed by atoms with Crippen molar-refractivity contribution in [3.05, 3.63) is 53.3 Å². The summed E-state index contributed by atoms with van der Waals surface area (Å²) in [5, 5.41) is 3.64. The third kappa shape index (κ3) is 4.04. The first kappa shape index (κ1) is 14.0. The molecule has 0 saturated heterocycles. The molecule has 1 N–H and O–H groups in total. The van der Waals surface area contributed by atoms with Crippen molar-refractivity contribution in [3.8, 4) is 0 Å². The van der Waals surface area contributed by atoms with Gasteiger partial charge in [0, 0.05) is 35.5 Å². The van der Waals surface area contributed by atoms with Crippen molar-refractivity contribution in [2.24, 2.45) is 7.05 Å². The Morgan fingerprint density at radius 1 is 1.32 bits per heavy atom. The molecule has 2 aromatic rings. The summed E-state index contributed by atoms with van der Waals surface area (Å²) in [7, 11) is 1.86. The highest BCUT2D eigenvalue weighted by Crippen LogP contribution is 2.19. The van der Waals surface area contributed by atoms with E-state index in [4.69, 9.17) is 11.6 Å². The molecule has 5 heteroatoms. The predicted octanol–water partition coefficient (Wildman–Crippen LogP) is 3.20. The number of nitrogens with zero attached hydrogens (tertiary/aromatic N) is 1. The SMILES string of the molecule is Cn1cccc1C(=O)NCCSc1ccc(Cl)cc1. The van der Waals surface area contributed by atoms with E-state index in [-0.39, 0.29) is 5.91 Å². The summed E-state index contributed by atoms with van der Waals surface area (Å²) in [4.78, 5) is 13.0. The van der Waals surface area contributed by atoms with E-state index in [9.17, 15) is 4.79 Å². The summed E-state index contributed by atoms with van der Waals surface area (Å²) in [6.07, 6.45) is 1.86. The highest BCUT2D eigenvalue weighted by atomic mass is 35.5. The summed E-state index contributed by atoms with van der Waals surface area (Å²) >= 11 is 7.51. The van der Waals surface area contributed by atoms with Gasteiger partial charge in [-0.25, -0.2) is 0 Å². The average molecular weight is 295 g/mol. The zero-order valence-corrected chi connectivity index (χ0v) is 12.2. The van der Waals surface area contributed by atoms with Gasteiger partial charge in [-0.15, -0.1) is 11.8 Å². The first-order valence-corrected chi connectivity index (χ1v) is 7.31. The maximum atomic E-state index is 11.8. The minimum absolute atomic E-state index is 0.0378. The van der Waals surface area contributed by atoms with E-state index in [0.717, 1.165) is 15.7 Å². The quantitative estimate of drug-likeness (QED) is 0.679. The van der Waals surface area contributed by atoms with Crippen molar-refractivity contribution < 1.29 is 4.79 Å². The number of rotatable bonds is 5. The van der Waals surface area contributed by atoms with Gasteiger partial charge >= 0.3 is 0 Å². The monoisotopic (exact) mass is 294 g/mol. The Bertz CT molecular complexity index is 551. The molecule has 19 heavy (non-hydrogen) atoms. The van der Waals surface area contributed by atoms with Gasteiger partial charge in [0.25, 0.3) is 5.91 Å². The van der Waals surface area contributed by atoms with Gasteiger partial charge in [0.2, 0.25) is 0 Å². The van der Waals surface area contributed by atoms with Gasteiger partial charge in [0.1, 0.15) is 5.69 Å². The number of amides is 1. The van der Waals surface area contributed by atoms with Crippen LogP contribution in [0.15, 0.2) is 47.5 Å². The van der Waals surface area contributed by atoms with Crippen LogP contribution in [0.1, 0.15) is 10.5 Å². The lowest BCUT2D eigenvalue weighted by Crippen LogP contribution is -2.27. The third-order valence-electron chi connectivity index (χ3n) is 2.65. The third-order valence-corrected chi connectivity index (χ3v) is 3.91. The zero-order valence-electron chi connectivity index (χ0n) is 10.6. The number of benzene rings is 1. The lowest BCUT2D eigenvalue weighted by atomic mass is 10.4. The van der Waals surface area contributed by atoms with Crippen LogP contribution in [0.2, 0.25) is 5.02 Å². The van der Waals surface area contributed by atoms with E-state index in [0.29, 0.717) is 12.2 Å². The molecule has 0 aliphatic rings. The van der Waals surface area contributed by atoms with E-state index in [2.05, 4.69) is 5.32 Å². The molecular formula is C14H15ClN2OS. The second-order valence-corrected chi connectivity index (χ2v) is 5.67. The summed E-state index contributed by atoms with van der Waals surface area (Å²) in [5.41, 5.74) is 0.677. The normalized spacial score (nSPS) is 10.4. The highest BCUT2D eigenvalue weighted by Gasteiger charge is 2.07. The fraction of sp³-hybridized carbons (Fsp3) is 0.214. The van der Waals surface area contributed by atoms with E-state index in [1.165, 1.54) is 0 Å². The van der Waals surface area contributed by atoms with Gasteiger partial charge in [-0.3, -0.25) is 4.79 Å². The molecule has 0 atom stereocenters. The predicted molar refractivity (Wildman–Crippen MR) is 79.9 cm³/mol. The molecule has 0 aliphatic carbocycles. The van der Waals surface area contributed by atoms with Crippen LogP contribution in [0, 0.1) is 0 Å². The molecule has 2 rings (SSSR count). The van der Waals surface area contributed by atoms with Gasteiger partial charge in [0.15, 0.2) is 0 Å². The fourth-order valence-electron chi connectivity index (χ4n) is 1.65. The van der Waals surface area contributed by atoms with Crippen molar-refractivity contribution in [1.29, 1.82) is 0 Å². The summed E-state index contributed by atoms with van der Waals surface area (Å²) < 4.78 is 1.81. The number of aromatic nitrogens is 1. The smallest absolute Gasteiger partial charge is 0.267 e. The molecule has 3 nitrogen and oxygen atoms in total. The molecular weight excluding hydrogens is 280 g/mol. The minimum atomic E-state index is -0.0378. The highest BCUT2D eigenvalue weighted by molar-refractivity contribution is 7.99. The van der Waals surface area contributed by atoms with Crippen LogP contribution in [-0.4, -0.2) is 22.8 Å². The van der Waals surface area contributed by atoms with Crippen LogP contribution in [0.3, 0.4) is 0 Å². The van der Waals surface area contributed by atoms with Crippen molar-refractivity contribution in [1.82, 2.24) is 9.88 Å². The number of carbonyl (C=O) groups excluding carboxylic acids is 1. The molecule has 0 aliphatic heterocycles. The van der Waals surface area contributed by atoms with Crippen molar-refractivity contribution in [2.75, 3.05) is 12.3 Å². The largest absolute Gasteiger partial charge is 0.350 e. The first-order chi connectivity index (χ1) is 9.16. The second-order valence-electron chi connectivity index (χ2n) is 4.06. The minimum Gasteiger partial charge on any atom is -0.350 e. The molecule has 0 radical (unpaired) electrons. The Balaban J connectivity index is 1.74. The zero-order chi connectivity index (χ0) is 13.7. The Kier molecular flexibility index (Phi) is 4.93. The molecule has 1 aromatic carbocycles. The number of carbonyl (C=O) groups is 1. The van der Waals surface area contributed by atoms with Crippen molar-refractivity contribution in [2.45, 2.75) is 4.90 Å². The van der Waals surface area contributed by atoms with E-state index >= 15 is 0 Å². The van der Waals surface area contributed by atoms with Crippen LogP contribution in [-0.2, 0) is 7.05 Å². The van der Waals surface area contributed by atoms with Crippen LogP contribution in [0.4, 0.5) is 0 Å². The summed E-state index contributed by atoms with van der Waals surface area (Å²) in [6.45, 7) is 0.636. The van der Waals surface area contributed by atoms with Gasteiger partial charge < -0.3 is 9.88 Å². The van der Waals surface area contributed by atoms with Gasteiger partial charge in [-0.2, -0.15) is 0 Å². The van der Waals surface area contributed by atoms with E-state index < -0.39 is 0 Å². The molecule has 100 valence electrons. The van der Waals surface area contributed by atoms with Crippen LogP contribution < -0.4 is 5.32 Å². The Morgan fingerprint density at radius 2 is 2.05 bits per heavy atom. The summed E-state index contributed by atoms with van der Waals surface area (Å²) in [6, 6.07) is 11.4. The first-order valence-electron chi connectivity index (χ1n) is 5.95. The van der Waals surface area contributed by atoms with Crippen molar-refractivity contribution >= 4 is 29.3 Å². The average Bonchev–Trinajstić information content (AvgIpc) is 2.83. The Labute approximate surface area is 122 Å². The number of thioether (sulfide) groups is 1. The molecule has 0 bridgehead atoms. The maximum Gasteiger partial charge on any atom is 0.267 e. The number of hydrogen-bond acceptors (Lipinski definition) is 2. The maximum absolute atomic E-state index is 11.8. The standard InChI is InChI=1S/C14H15ClN2OS/c1-17-9-2-3-13(17)14(18)16-8-10-19-12-6-4-11(15)5-7-12/h2-7,9H,8,10H2,1H3,(H,16,18). The van der Waals surface area contributed by atoms with E-state index in [1.54, 1.807) is 11.8 Å².